The van der Waals surface area contributed by atoms with Crippen LogP contribution in [0.1, 0.15) is 39.2 Å². The Balaban J connectivity index is 2.71. The first kappa shape index (κ1) is 17.8. The van der Waals surface area contributed by atoms with E-state index in [1.807, 2.05) is 0 Å². The van der Waals surface area contributed by atoms with Crippen LogP contribution in [0.4, 0.5) is 13.2 Å². The molecular formula is C16H24F3NO. The van der Waals surface area contributed by atoms with E-state index in [0.717, 1.165) is 31.4 Å². The summed E-state index contributed by atoms with van der Waals surface area (Å²) in [6, 6.07) is 6.50. The Hall–Kier alpha value is -1.23. The Kier molecular flexibility index (Phi) is 7.02. The summed E-state index contributed by atoms with van der Waals surface area (Å²) in [6.07, 6.45) is -1.65. The molecule has 1 N–H and O–H groups in total. The molecule has 5 heteroatoms. The molecule has 120 valence electrons. The van der Waals surface area contributed by atoms with Gasteiger partial charge in [0.05, 0.1) is 0 Å². The smallest absolute Gasteiger partial charge is 0.406 e. The Morgan fingerprint density at radius 2 is 1.62 bits per heavy atom. The van der Waals surface area contributed by atoms with Gasteiger partial charge in [0.2, 0.25) is 0 Å². The normalized spacial score (nSPS) is 13.5. The van der Waals surface area contributed by atoms with Crippen LogP contribution in [0.2, 0.25) is 0 Å². The predicted octanol–water partition coefficient (Wildman–Crippen LogP) is 4.54. The maximum Gasteiger partial charge on any atom is 0.573 e. The van der Waals surface area contributed by atoms with Gasteiger partial charge in [-0.2, -0.15) is 0 Å². The third-order valence-electron chi connectivity index (χ3n) is 3.70. The Labute approximate surface area is 124 Å². The van der Waals surface area contributed by atoms with Crippen LogP contribution in [-0.4, -0.2) is 18.9 Å². The maximum absolute atomic E-state index is 12.1. The van der Waals surface area contributed by atoms with E-state index < -0.39 is 6.36 Å². The summed E-state index contributed by atoms with van der Waals surface area (Å²) < 4.78 is 40.2. The van der Waals surface area contributed by atoms with Gasteiger partial charge >= 0.3 is 6.36 Å². The summed E-state index contributed by atoms with van der Waals surface area (Å²) >= 11 is 0. The summed E-state index contributed by atoms with van der Waals surface area (Å²) in [5, 5.41) is 3.47. The lowest BCUT2D eigenvalue weighted by Gasteiger charge is -2.26. The number of rotatable bonds is 8. The van der Waals surface area contributed by atoms with Crippen molar-refractivity contribution in [2.45, 2.75) is 52.4 Å². The van der Waals surface area contributed by atoms with Crippen molar-refractivity contribution in [1.29, 1.82) is 0 Å². The first-order chi connectivity index (χ1) is 9.89. The second-order valence-corrected chi connectivity index (χ2v) is 5.14. The number of benzene rings is 1. The van der Waals surface area contributed by atoms with Gasteiger partial charge in [-0.15, -0.1) is 13.2 Å². The van der Waals surface area contributed by atoms with Crippen molar-refractivity contribution >= 4 is 0 Å². The summed E-state index contributed by atoms with van der Waals surface area (Å²) in [7, 11) is 0. The minimum atomic E-state index is -4.64. The molecule has 1 aromatic rings. The zero-order valence-electron chi connectivity index (χ0n) is 12.8. The molecule has 1 aromatic carbocycles. The highest BCUT2D eigenvalue weighted by Gasteiger charge is 2.31. The van der Waals surface area contributed by atoms with Gasteiger partial charge in [0, 0.05) is 6.04 Å². The molecule has 0 spiro atoms. The van der Waals surface area contributed by atoms with E-state index in [2.05, 4.69) is 30.8 Å². The summed E-state index contributed by atoms with van der Waals surface area (Å²) in [5.41, 5.74) is 1.02. The average molecular weight is 303 g/mol. The SMILES string of the molecule is CCNC(Cc1ccc(OC(F)(F)F)cc1)C(CC)CC. The minimum Gasteiger partial charge on any atom is -0.406 e. The molecule has 0 fully saturated rings. The largest absolute Gasteiger partial charge is 0.573 e. The molecule has 0 aliphatic rings. The number of likely N-dealkylation sites (N-methyl/N-ethyl adjacent to an activating group) is 1. The van der Waals surface area contributed by atoms with Gasteiger partial charge in [-0.05, 0) is 36.6 Å². The topological polar surface area (TPSA) is 21.3 Å². The zero-order chi connectivity index (χ0) is 15.9. The van der Waals surface area contributed by atoms with Crippen LogP contribution in [-0.2, 0) is 6.42 Å². The van der Waals surface area contributed by atoms with Crippen molar-refractivity contribution in [1.82, 2.24) is 5.32 Å². The maximum atomic E-state index is 12.1. The van der Waals surface area contributed by atoms with Crippen LogP contribution in [0.5, 0.6) is 5.75 Å². The van der Waals surface area contributed by atoms with Crippen molar-refractivity contribution in [3.05, 3.63) is 29.8 Å². The first-order valence-corrected chi connectivity index (χ1v) is 7.47. The molecule has 1 rings (SSSR count). The molecular weight excluding hydrogens is 279 g/mol. The van der Waals surface area contributed by atoms with Crippen LogP contribution >= 0.6 is 0 Å². The fourth-order valence-corrected chi connectivity index (χ4v) is 2.61. The molecule has 21 heavy (non-hydrogen) atoms. The number of nitrogens with one attached hydrogen (secondary N) is 1. The van der Waals surface area contributed by atoms with Crippen molar-refractivity contribution in [2.24, 2.45) is 5.92 Å². The lowest BCUT2D eigenvalue weighted by Crippen LogP contribution is -2.37. The quantitative estimate of drug-likeness (QED) is 0.761. The molecule has 0 aliphatic carbocycles. The fraction of sp³-hybridized carbons (Fsp3) is 0.625. The molecule has 1 unspecified atom stereocenters. The number of hydrogen-bond donors (Lipinski definition) is 1. The van der Waals surface area contributed by atoms with Gasteiger partial charge in [0.1, 0.15) is 5.75 Å². The third kappa shape index (κ3) is 6.38. The predicted molar refractivity (Wildman–Crippen MR) is 78.4 cm³/mol. The van der Waals surface area contributed by atoms with Crippen molar-refractivity contribution in [2.75, 3.05) is 6.54 Å². The first-order valence-electron chi connectivity index (χ1n) is 7.47. The number of halogens is 3. The van der Waals surface area contributed by atoms with E-state index in [1.54, 1.807) is 12.1 Å². The number of alkyl halides is 3. The van der Waals surface area contributed by atoms with E-state index in [9.17, 15) is 13.2 Å². The van der Waals surface area contributed by atoms with E-state index in [4.69, 9.17) is 0 Å². The highest BCUT2D eigenvalue weighted by atomic mass is 19.4. The van der Waals surface area contributed by atoms with Crippen LogP contribution in [0, 0.1) is 5.92 Å². The molecule has 2 nitrogen and oxygen atoms in total. The highest BCUT2D eigenvalue weighted by molar-refractivity contribution is 5.28. The molecule has 0 saturated heterocycles. The molecule has 0 amide bonds. The van der Waals surface area contributed by atoms with Crippen LogP contribution < -0.4 is 10.1 Å². The van der Waals surface area contributed by atoms with Crippen molar-refractivity contribution < 1.29 is 17.9 Å². The van der Waals surface area contributed by atoms with Crippen molar-refractivity contribution in [3.8, 4) is 5.75 Å². The fourth-order valence-electron chi connectivity index (χ4n) is 2.61. The van der Waals surface area contributed by atoms with E-state index >= 15 is 0 Å². The molecule has 1 atom stereocenters. The molecule has 0 saturated carbocycles. The molecule has 0 heterocycles. The van der Waals surface area contributed by atoms with Crippen LogP contribution in [0.15, 0.2) is 24.3 Å². The Morgan fingerprint density at radius 3 is 2.05 bits per heavy atom. The second kappa shape index (κ2) is 8.27. The standard InChI is InChI=1S/C16H24F3NO/c1-4-13(5-2)15(20-6-3)11-12-7-9-14(10-8-12)21-16(17,18)19/h7-10,13,15,20H,4-6,11H2,1-3H3. The van der Waals surface area contributed by atoms with Gasteiger partial charge in [-0.25, -0.2) is 0 Å². The van der Waals surface area contributed by atoms with Gasteiger partial charge in [-0.3, -0.25) is 0 Å². The lowest BCUT2D eigenvalue weighted by atomic mass is 9.89. The van der Waals surface area contributed by atoms with Gasteiger partial charge < -0.3 is 10.1 Å². The highest BCUT2D eigenvalue weighted by Crippen LogP contribution is 2.24. The minimum absolute atomic E-state index is 0.172. The van der Waals surface area contributed by atoms with Gasteiger partial charge in [0.25, 0.3) is 0 Å². The van der Waals surface area contributed by atoms with Gasteiger partial charge in [0.15, 0.2) is 0 Å². The lowest BCUT2D eigenvalue weighted by molar-refractivity contribution is -0.274. The van der Waals surface area contributed by atoms with E-state index in [0.29, 0.717) is 12.0 Å². The van der Waals surface area contributed by atoms with Crippen molar-refractivity contribution in [3.63, 3.8) is 0 Å². The van der Waals surface area contributed by atoms with Gasteiger partial charge in [-0.1, -0.05) is 45.7 Å². The molecule has 0 bridgehead atoms. The number of hydrogen-bond acceptors (Lipinski definition) is 2. The second-order valence-electron chi connectivity index (χ2n) is 5.14. The Morgan fingerprint density at radius 1 is 1.05 bits per heavy atom. The van der Waals surface area contributed by atoms with E-state index in [-0.39, 0.29) is 5.75 Å². The van der Waals surface area contributed by atoms with Crippen LogP contribution in [0.3, 0.4) is 0 Å². The third-order valence-corrected chi connectivity index (χ3v) is 3.70. The molecule has 0 aromatic heterocycles. The van der Waals surface area contributed by atoms with Crippen LogP contribution in [0.25, 0.3) is 0 Å². The molecule has 0 aliphatic heterocycles. The summed E-state index contributed by atoms with van der Waals surface area (Å²) in [6.45, 7) is 7.28. The van der Waals surface area contributed by atoms with E-state index in [1.165, 1.54) is 12.1 Å². The Bertz CT molecular complexity index is 399. The average Bonchev–Trinajstić information content (AvgIpc) is 2.41. The number of ether oxygens (including phenoxy) is 1. The monoisotopic (exact) mass is 303 g/mol. The zero-order valence-corrected chi connectivity index (χ0v) is 12.8. The summed E-state index contributed by atoms with van der Waals surface area (Å²) in [5.74, 6) is 0.393. The molecule has 0 radical (unpaired) electrons. The summed E-state index contributed by atoms with van der Waals surface area (Å²) in [4.78, 5) is 0.